The Hall–Kier alpha value is -3.67. The van der Waals surface area contributed by atoms with Crippen molar-refractivity contribution in [2.75, 3.05) is 0 Å². The molecular formula is C17H12BrN9O2. The van der Waals surface area contributed by atoms with Gasteiger partial charge in [-0.1, -0.05) is 18.2 Å². The maximum absolute atomic E-state index is 11.0. The summed E-state index contributed by atoms with van der Waals surface area (Å²) in [5, 5.41) is 24.5. The molecule has 0 saturated carbocycles. The van der Waals surface area contributed by atoms with E-state index in [2.05, 4.69) is 41.2 Å². The van der Waals surface area contributed by atoms with Crippen molar-refractivity contribution in [2.24, 2.45) is 7.05 Å². The number of nitrogens with zero attached hydrogens (tertiary/aromatic N) is 9. The number of hydrogen-bond acceptors (Lipinski definition) is 7. The molecule has 12 heteroatoms. The van der Waals surface area contributed by atoms with Gasteiger partial charge in [-0.25, -0.2) is 14.5 Å². The molecule has 4 heterocycles. The van der Waals surface area contributed by atoms with Gasteiger partial charge in [0.25, 0.3) is 0 Å². The van der Waals surface area contributed by atoms with Gasteiger partial charge >= 0.3 is 5.82 Å². The molecule has 29 heavy (non-hydrogen) atoms. The van der Waals surface area contributed by atoms with Crippen molar-refractivity contribution in [2.45, 2.75) is 6.54 Å². The van der Waals surface area contributed by atoms with Gasteiger partial charge < -0.3 is 10.1 Å². The largest absolute Gasteiger partial charge is 0.404 e. The lowest BCUT2D eigenvalue weighted by molar-refractivity contribution is -0.390. The highest BCUT2D eigenvalue weighted by molar-refractivity contribution is 9.10. The second kappa shape index (κ2) is 6.44. The fourth-order valence-corrected chi connectivity index (χ4v) is 3.61. The Morgan fingerprint density at radius 2 is 2.10 bits per heavy atom. The smallest absolute Gasteiger partial charge is 0.358 e. The molecular weight excluding hydrogens is 442 g/mol. The van der Waals surface area contributed by atoms with Crippen molar-refractivity contribution in [3.8, 4) is 11.4 Å². The van der Waals surface area contributed by atoms with Gasteiger partial charge in [-0.3, -0.25) is 4.68 Å². The van der Waals surface area contributed by atoms with Crippen molar-refractivity contribution in [3.63, 3.8) is 0 Å². The summed E-state index contributed by atoms with van der Waals surface area (Å²) < 4.78 is 5.17. The van der Waals surface area contributed by atoms with E-state index >= 15 is 0 Å². The molecule has 0 fully saturated rings. The summed E-state index contributed by atoms with van der Waals surface area (Å²) in [6.45, 7) is 0.377. The molecule has 0 aliphatic carbocycles. The van der Waals surface area contributed by atoms with Gasteiger partial charge in [0, 0.05) is 12.6 Å². The van der Waals surface area contributed by atoms with Gasteiger partial charge in [0.1, 0.15) is 10.8 Å². The highest BCUT2D eigenvalue weighted by atomic mass is 79.9. The van der Waals surface area contributed by atoms with E-state index in [-0.39, 0.29) is 5.82 Å². The van der Waals surface area contributed by atoms with Crippen LogP contribution in [-0.2, 0) is 13.6 Å². The highest BCUT2D eigenvalue weighted by Gasteiger charge is 2.19. The Labute approximate surface area is 170 Å². The van der Waals surface area contributed by atoms with Gasteiger partial charge in [-0.2, -0.15) is 9.78 Å². The van der Waals surface area contributed by atoms with Gasteiger partial charge in [0.15, 0.2) is 17.1 Å². The first kappa shape index (κ1) is 17.4. The Bertz CT molecular complexity index is 1400. The van der Waals surface area contributed by atoms with Crippen molar-refractivity contribution >= 4 is 38.4 Å². The quantitative estimate of drug-likeness (QED) is 0.302. The van der Waals surface area contributed by atoms with Crippen LogP contribution in [-0.4, -0.2) is 44.1 Å². The predicted molar refractivity (Wildman–Crippen MR) is 106 cm³/mol. The lowest BCUT2D eigenvalue weighted by Crippen LogP contribution is -2.01. The van der Waals surface area contributed by atoms with E-state index in [4.69, 9.17) is 0 Å². The van der Waals surface area contributed by atoms with E-state index in [0.717, 1.165) is 22.2 Å². The molecule has 0 bridgehead atoms. The van der Waals surface area contributed by atoms with E-state index < -0.39 is 4.92 Å². The third-order valence-corrected chi connectivity index (χ3v) is 5.03. The van der Waals surface area contributed by atoms with E-state index in [1.54, 1.807) is 27.9 Å². The summed E-state index contributed by atoms with van der Waals surface area (Å²) in [7, 11) is 1.82. The molecule has 5 aromatic rings. The van der Waals surface area contributed by atoms with E-state index in [1.807, 2.05) is 31.3 Å². The molecule has 0 unspecified atom stereocenters. The van der Waals surface area contributed by atoms with Crippen molar-refractivity contribution in [3.05, 3.63) is 63.1 Å². The number of halogens is 1. The number of aryl methyl sites for hydroxylation is 1. The zero-order chi connectivity index (χ0) is 20.1. The normalized spacial score (nSPS) is 11.5. The summed E-state index contributed by atoms with van der Waals surface area (Å²) in [5.41, 5.74) is 3.14. The van der Waals surface area contributed by atoms with Crippen LogP contribution in [0.1, 0.15) is 5.56 Å². The molecule has 0 spiro atoms. The van der Waals surface area contributed by atoms with Crippen LogP contribution >= 0.6 is 15.9 Å². The van der Waals surface area contributed by atoms with Crippen LogP contribution < -0.4 is 0 Å². The molecule has 0 N–H and O–H groups in total. The summed E-state index contributed by atoms with van der Waals surface area (Å²) in [5.74, 6) is 0.341. The molecule has 4 aromatic heterocycles. The van der Waals surface area contributed by atoms with E-state index in [9.17, 15) is 10.1 Å². The molecule has 0 atom stereocenters. The number of benzene rings is 1. The maximum atomic E-state index is 11.0. The van der Waals surface area contributed by atoms with Crippen molar-refractivity contribution in [1.82, 2.24) is 39.1 Å². The second-order valence-corrected chi connectivity index (χ2v) is 7.26. The second-order valence-electron chi connectivity index (χ2n) is 6.41. The van der Waals surface area contributed by atoms with Crippen LogP contribution in [0.4, 0.5) is 5.82 Å². The number of rotatable bonds is 4. The fraction of sp³-hybridized carbons (Fsp3) is 0.118. The third-order valence-electron chi connectivity index (χ3n) is 4.47. The minimum atomic E-state index is -0.523. The Morgan fingerprint density at radius 3 is 2.90 bits per heavy atom. The molecule has 0 amide bonds. The molecule has 0 aliphatic rings. The molecule has 11 nitrogen and oxygen atoms in total. The van der Waals surface area contributed by atoms with Crippen LogP contribution in [0.3, 0.4) is 0 Å². The lowest BCUT2D eigenvalue weighted by atomic mass is 10.1. The SMILES string of the molecule is Cn1ncc2c1ncn1nc(-c3cccc(Cn4cc(Br)c([N+](=O)[O-])n4)c3)nc21. The minimum absolute atomic E-state index is 0.212. The van der Waals surface area contributed by atoms with Gasteiger partial charge in [0.05, 0.1) is 29.4 Å². The van der Waals surface area contributed by atoms with Gasteiger partial charge in [-0.05, 0) is 32.5 Å². The zero-order valence-electron chi connectivity index (χ0n) is 15.0. The fourth-order valence-electron chi connectivity index (χ4n) is 3.15. The molecule has 5 rings (SSSR count). The number of aromatic nitrogens is 8. The van der Waals surface area contributed by atoms with Crippen LogP contribution in [0.15, 0.2) is 47.5 Å². The summed E-state index contributed by atoms with van der Waals surface area (Å²) in [4.78, 5) is 19.5. The predicted octanol–water partition coefficient (Wildman–Crippen LogP) is 2.59. The summed E-state index contributed by atoms with van der Waals surface area (Å²) in [6, 6.07) is 7.65. The summed E-state index contributed by atoms with van der Waals surface area (Å²) in [6.07, 6.45) is 4.91. The first-order valence-electron chi connectivity index (χ1n) is 8.49. The number of hydrogen-bond donors (Lipinski definition) is 0. The van der Waals surface area contributed by atoms with Gasteiger partial charge in [-0.15, -0.1) is 5.10 Å². The van der Waals surface area contributed by atoms with E-state index in [1.165, 1.54) is 4.68 Å². The van der Waals surface area contributed by atoms with Crippen LogP contribution in [0.5, 0.6) is 0 Å². The highest BCUT2D eigenvalue weighted by Crippen LogP contribution is 2.24. The average molecular weight is 454 g/mol. The minimum Gasteiger partial charge on any atom is -0.358 e. The Kier molecular flexibility index (Phi) is 3.87. The topological polar surface area (TPSA) is 122 Å². The zero-order valence-corrected chi connectivity index (χ0v) is 16.6. The molecule has 0 radical (unpaired) electrons. The lowest BCUT2D eigenvalue weighted by Gasteiger charge is -2.01. The maximum Gasteiger partial charge on any atom is 0.404 e. The Balaban J connectivity index is 1.51. The van der Waals surface area contributed by atoms with Crippen molar-refractivity contribution < 1.29 is 4.92 Å². The van der Waals surface area contributed by atoms with E-state index in [0.29, 0.717) is 22.5 Å². The first-order valence-corrected chi connectivity index (χ1v) is 9.28. The van der Waals surface area contributed by atoms with Gasteiger partial charge in [0.2, 0.25) is 0 Å². The number of nitro groups is 1. The third kappa shape index (κ3) is 2.93. The summed E-state index contributed by atoms with van der Waals surface area (Å²) >= 11 is 3.16. The molecule has 1 aromatic carbocycles. The number of fused-ring (bicyclic) bond motifs is 3. The van der Waals surface area contributed by atoms with Crippen LogP contribution in [0, 0.1) is 10.1 Å². The van der Waals surface area contributed by atoms with Crippen molar-refractivity contribution in [1.29, 1.82) is 0 Å². The van der Waals surface area contributed by atoms with Crippen LogP contribution in [0.25, 0.3) is 28.1 Å². The first-order chi connectivity index (χ1) is 14.0. The molecule has 0 saturated heterocycles. The molecule has 144 valence electrons. The molecule has 0 aliphatic heterocycles. The standard InChI is InChI=1S/C17H12BrN9O2/c1-24-15-12(6-20-24)16-21-14(22-26(16)9-19-15)11-4-2-3-10(5-11)7-25-8-13(18)17(23-25)27(28)29/h2-6,8-9H,7H2,1H3. The monoisotopic (exact) mass is 453 g/mol. The van der Waals surface area contributed by atoms with Crippen LogP contribution in [0.2, 0.25) is 0 Å². The Morgan fingerprint density at radius 1 is 1.24 bits per heavy atom. The average Bonchev–Trinajstić information content (AvgIpc) is 3.38.